The molecule has 0 aromatic heterocycles. The highest BCUT2D eigenvalue weighted by Gasteiger charge is 2.36. The molecule has 0 aliphatic carbocycles. The van der Waals surface area contributed by atoms with Gasteiger partial charge in [-0.2, -0.15) is 0 Å². The minimum absolute atomic E-state index is 0.153. The number of imide groups is 2. The Morgan fingerprint density at radius 2 is 1.57 bits per heavy atom. The lowest BCUT2D eigenvalue weighted by atomic mass is 10.1. The lowest BCUT2D eigenvalue weighted by Gasteiger charge is -2.26. The molecule has 0 saturated carbocycles. The highest BCUT2D eigenvalue weighted by molar-refractivity contribution is 6.39. The van der Waals surface area contributed by atoms with Crippen molar-refractivity contribution in [3.63, 3.8) is 0 Å². The Morgan fingerprint density at radius 1 is 0.811 bits per heavy atom. The molecule has 0 atom stereocenters. The van der Waals surface area contributed by atoms with Gasteiger partial charge in [0.05, 0.1) is 12.3 Å². The second kappa shape index (κ2) is 10.4. The van der Waals surface area contributed by atoms with Crippen LogP contribution >= 0.6 is 0 Å². The number of urea groups is 1. The van der Waals surface area contributed by atoms with E-state index in [4.69, 9.17) is 9.47 Å². The van der Waals surface area contributed by atoms with Crippen LogP contribution in [0.1, 0.15) is 18.1 Å². The van der Waals surface area contributed by atoms with Crippen molar-refractivity contribution in [2.45, 2.75) is 13.5 Å². The maximum Gasteiger partial charge on any atom is 0.335 e. The number of fused-ring (bicyclic) bond motifs is 1. The van der Waals surface area contributed by atoms with Crippen molar-refractivity contribution in [2.24, 2.45) is 0 Å². The Labute approximate surface area is 213 Å². The van der Waals surface area contributed by atoms with Gasteiger partial charge in [0.1, 0.15) is 23.7 Å². The number of hydrogen-bond acceptors (Lipinski definition) is 5. The quantitative estimate of drug-likeness (QED) is 0.273. The van der Waals surface area contributed by atoms with Gasteiger partial charge < -0.3 is 9.47 Å². The third-order valence-electron chi connectivity index (χ3n) is 5.95. The maximum atomic E-state index is 13.2. The van der Waals surface area contributed by atoms with Crippen LogP contribution in [0.4, 0.5) is 10.5 Å². The third-order valence-corrected chi connectivity index (χ3v) is 5.95. The minimum atomic E-state index is -0.802. The first kappa shape index (κ1) is 23.8. The van der Waals surface area contributed by atoms with E-state index >= 15 is 0 Å². The molecule has 1 N–H and O–H groups in total. The van der Waals surface area contributed by atoms with Crippen molar-refractivity contribution in [3.8, 4) is 11.5 Å². The fourth-order valence-electron chi connectivity index (χ4n) is 4.19. The average Bonchev–Trinajstić information content (AvgIpc) is 2.91. The van der Waals surface area contributed by atoms with Gasteiger partial charge in [-0.3, -0.25) is 14.9 Å². The number of rotatable bonds is 7. The van der Waals surface area contributed by atoms with E-state index in [1.54, 1.807) is 42.5 Å². The maximum absolute atomic E-state index is 13.2. The molecule has 1 saturated heterocycles. The van der Waals surface area contributed by atoms with E-state index in [9.17, 15) is 14.4 Å². The Hall–Kier alpha value is -4.91. The van der Waals surface area contributed by atoms with Gasteiger partial charge in [0.15, 0.2) is 0 Å². The smallest absolute Gasteiger partial charge is 0.335 e. The van der Waals surface area contributed by atoms with Gasteiger partial charge in [0.2, 0.25) is 0 Å². The number of carbonyl (C=O) groups is 3. The predicted octanol–water partition coefficient (Wildman–Crippen LogP) is 5.48. The normalized spacial score (nSPS) is 14.7. The summed E-state index contributed by atoms with van der Waals surface area (Å²) in [7, 11) is 0. The van der Waals surface area contributed by atoms with Crippen LogP contribution in [-0.2, 0) is 16.2 Å². The van der Waals surface area contributed by atoms with Crippen molar-refractivity contribution in [1.82, 2.24) is 5.32 Å². The van der Waals surface area contributed by atoms with Crippen LogP contribution in [0.2, 0.25) is 0 Å². The van der Waals surface area contributed by atoms with E-state index in [1.807, 2.05) is 37.3 Å². The Kier molecular flexibility index (Phi) is 6.68. The molecule has 0 bridgehead atoms. The SMILES string of the molecule is CCOc1ccc(N2C(=O)NC(=O)/C(=C/c3cccc(OCc4cccc5ccccc45)c3)C2=O)cc1. The van der Waals surface area contributed by atoms with E-state index in [1.165, 1.54) is 6.08 Å². The van der Waals surface area contributed by atoms with Crippen molar-refractivity contribution >= 4 is 40.4 Å². The van der Waals surface area contributed by atoms with Crippen LogP contribution in [0, 0.1) is 0 Å². The van der Waals surface area contributed by atoms with Gasteiger partial charge in [-0.05, 0) is 71.3 Å². The van der Waals surface area contributed by atoms with Crippen LogP contribution in [0.3, 0.4) is 0 Å². The zero-order valence-corrected chi connectivity index (χ0v) is 20.1. The lowest BCUT2D eigenvalue weighted by Crippen LogP contribution is -2.54. The van der Waals surface area contributed by atoms with Gasteiger partial charge in [-0.25, -0.2) is 9.69 Å². The summed E-state index contributed by atoms with van der Waals surface area (Å²) in [5, 5.41) is 4.50. The van der Waals surface area contributed by atoms with Crippen LogP contribution < -0.4 is 19.7 Å². The number of ether oxygens (including phenoxy) is 2. The molecular formula is C30H24N2O5. The molecule has 1 aliphatic heterocycles. The molecular weight excluding hydrogens is 468 g/mol. The lowest BCUT2D eigenvalue weighted by molar-refractivity contribution is -0.122. The number of anilines is 1. The molecule has 0 unspecified atom stereocenters. The van der Waals surface area contributed by atoms with E-state index < -0.39 is 17.8 Å². The fourth-order valence-corrected chi connectivity index (χ4v) is 4.19. The van der Waals surface area contributed by atoms with Gasteiger partial charge in [-0.15, -0.1) is 0 Å². The second-order valence-corrected chi connectivity index (χ2v) is 8.38. The number of amides is 4. The molecule has 5 rings (SSSR count). The summed E-state index contributed by atoms with van der Waals surface area (Å²) in [6.45, 7) is 2.72. The highest BCUT2D eigenvalue weighted by Crippen LogP contribution is 2.26. The van der Waals surface area contributed by atoms with Crippen LogP contribution in [0.5, 0.6) is 11.5 Å². The van der Waals surface area contributed by atoms with Gasteiger partial charge >= 0.3 is 6.03 Å². The van der Waals surface area contributed by atoms with Crippen molar-refractivity contribution < 1.29 is 23.9 Å². The standard InChI is InChI=1S/C30H24N2O5/c1-2-36-24-15-13-23(14-16-24)32-29(34)27(28(33)31-30(32)35)18-20-7-5-11-25(17-20)37-19-22-10-6-9-21-8-3-4-12-26(21)22/h3-18H,2,19H2,1H3,(H,31,33,35)/b27-18-. The molecule has 0 radical (unpaired) electrons. The van der Waals surface area contributed by atoms with Gasteiger partial charge in [-0.1, -0.05) is 54.6 Å². The summed E-state index contributed by atoms with van der Waals surface area (Å²) in [5.41, 5.74) is 1.82. The zero-order chi connectivity index (χ0) is 25.8. The summed E-state index contributed by atoms with van der Waals surface area (Å²) in [5.74, 6) is -0.257. The van der Waals surface area contributed by atoms with Crippen LogP contribution in [-0.4, -0.2) is 24.5 Å². The fraction of sp³-hybridized carbons (Fsp3) is 0.100. The molecule has 7 heteroatoms. The molecule has 0 spiro atoms. The molecule has 1 fully saturated rings. The summed E-state index contributed by atoms with van der Waals surface area (Å²) in [4.78, 5) is 39.2. The molecule has 184 valence electrons. The number of carbonyl (C=O) groups excluding carboxylic acids is 3. The van der Waals surface area contributed by atoms with E-state index in [2.05, 4.69) is 23.5 Å². The Morgan fingerprint density at radius 3 is 2.38 bits per heavy atom. The molecule has 4 aromatic rings. The molecule has 7 nitrogen and oxygen atoms in total. The average molecular weight is 493 g/mol. The number of benzene rings is 4. The first-order valence-electron chi connectivity index (χ1n) is 11.9. The molecule has 1 heterocycles. The summed E-state index contributed by atoms with van der Waals surface area (Å²) in [6, 6.07) is 27.0. The Balaban J connectivity index is 1.37. The monoisotopic (exact) mass is 492 g/mol. The first-order chi connectivity index (χ1) is 18.0. The largest absolute Gasteiger partial charge is 0.494 e. The summed E-state index contributed by atoms with van der Waals surface area (Å²) < 4.78 is 11.4. The number of nitrogens with zero attached hydrogens (tertiary/aromatic N) is 1. The van der Waals surface area contributed by atoms with E-state index in [-0.39, 0.29) is 5.57 Å². The Bertz CT molecular complexity index is 1520. The van der Waals surface area contributed by atoms with Gasteiger partial charge in [0, 0.05) is 0 Å². The highest BCUT2D eigenvalue weighted by atomic mass is 16.5. The number of nitrogens with one attached hydrogen (secondary N) is 1. The molecule has 4 aromatic carbocycles. The predicted molar refractivity (Wildman–Crippen MR) is 141 cm³/mol. The zero-order valence-electron chi connectivity index (χ0n) is 20.1. The molecule has 1 aliphatic rings. The number of hydrogen-bond donors (Lipinski definition) is 1. The minimum Gasteiger partial charge on any atom is -0.494 e. The van der Waals surface area contributed by atoms with Crippen molar-refractivity contribution in [2.75, 3.05) is 11.5 Å². The molecule has 37 heavy (non-hydrogen) atoms. The third kappa shape index (κ3) is 5.06. The van der Waals surface area contributed by atoms with E-state index in [0.717, 1.165) is 21.2 Å². The van der Waals surface area contributed by atoms with Crippen molar-refractivity contribution in [1.29, 1.82) is 0 Å². The van der Waals surface area contributed by atoms with Crippen molar-refractivity contribution in [3.05, 3.63) is 108 Å². The van der Waals surface area contributed by atoms with Crippen LogP contribution in [0.25, 0.3) is 16.8 Å². The second-order valence-electron chi connectivity index (χ2n) is 8.38. The summed E-state index contributed by atoms with van der Waals surface area (Å²) in [6.07, 6.45) is 1.45. The first-order valence-corrected chi connectivity index (χ1v) is 11.9. The summed E-state index contributed by atoms with van der Waals surface area (Å²) >= 11 is 0. The van der Waals surface area contributed by atoms with E-state index in [0.29, 0.717) is 36.0 Å². The van der Waals surface area contributed by atoms with Crippen LogP contribution in [0.15, 0.2) is 96.6 Å². The molecule has 4 amide bonds. The van der Waals surface area contributed by atoms with Gasteiger partial charge in [0.25, 0.3) is 11.8 Å². The number of barbiturate groups is 1. The topological polar surface area (TPSA) is 84.9 Å².